The molecular formula is C14H18ClN3O2. The standard InChI is InChI=1S/C14H18ClN3O2/c1-7-16-5-11(15)13(17-7)14(20)18-12-9-3-2-8(4-9)10(12)6-19/h5,8-10,12,19H,2-4,6H2,1H3,(H,18,20). The quantitative estimate of drug-likeness (QED) is 0.888. The Morgan fingerprint density at radius 2 is 2.25 bits per heavy atom. The molecule has 2 aliphatic carbocycles. The number of aryl methyl sites for hydroxylation is 1. The molecule has 4 atom stereocenters. The van der Waals surface area contributed by atoms with Crippen molar-refractivity contribution in [1.82, 2.24) is 15.3 Å². The number of hydrogen-bond donors (Lipinski definition) is 2. The number of halogens is 1. The zero-order valence-corrected chi connectivity index (χ0v) is 12.1. The van der Waals surface area contributed by atoms with E-state index in [0.717, 1.165) is 19.3 Å². The Balaban J connectivity index is 1.77. The van der Waals surface area contributed by atoms with E-state index in [1.165, 1.54) is 6.20 Å². The van der Waals surface area contributed by atoms with Crippen LogP contribution in [0.1, 0.15) is 35.6 Å². The zero-order valence-electron chi connectivity index (χ0n) is 11.3. The largest absolute Gasteiger partial charge is 0.396 e. The van der Waals surface area contributed by atoms with E-state index in [4.69, 9.17) is 11.6 Å². The van der Waals surface area contributed by atoms with Crippen molar-refractivity contribution in [1.29, 1.82) is 0 Å². The van der Waals surface area contributed by atoms with Gasteiger partial charge in [-0.1, -0.05) is 11.6 Å². The van der Waals surface area contributed by atoms with Crippen LogP contribution in [-0.4, -0.2) is 33.6 Å². The molecule has 0 spiro atoms. The van der Waals surface area contributed by atoms with Gasteiger partial charge in [-0.3, -0.25) is 4.79 Å². The number of carbonyl (C=O) groups is 1. The third-order valence-corrected chi connectivity index (χ3v) is 4.95. The summed E-state index contributed by atoms with van der Waals surface area (Å²) in [5.41, 5.74) is 0.221. The maximum absolute atomic E-state index is 12.3. The highest BCUT2D eigenvalue weighted by Gasteiger charge is 2.47. The predicted octanol–water partition coefficient (Wildman–Crippen LogP) is 1.58. The minimum Gasteiger partial charge on any atom is -0.396 e. The Labute approximate surface area is 122 Å². The molecule has 108 valence electrons. The van der Waals surface area contributed by atoms with Crippen molar-refractivity contribution >= 4 is 17.5 Å². The number of aliphatic hydroxyl groups excluding tert-OH is 1. The normalized spacial score (nSPS) is 31.6. The predicted molar refractivity (Wildman–Crippen MR) is 74.4 cm³/mol. The van der Waals surface area contributed by atoms with E-state index in [1.807, 2.05) is 0 Å². The van der Waals surface area contributed by atoms with Crippen LogP contribution in [0.3, 0.4) is 0 Å². The smallest absolute Gasteiger partial charge is 0.271 e. The highest BCUT2D eigenvalue weighted by atomic mass is 35.5. The van der Waals surface area contributed by atoms with E-state index in [-0.39, 0.29) is 35.2 Å². The number of aliphatic hydroxyl groups is 1. The lowest BCUT2D eigenvalue weighted by atomic mass is 9.85. The fourth-order valence-electron chi connectivity index (χ4n) is 3.73. The van der Waals surface area contributed by atoms with Crippen LogP contribution in [0.15, 0.2) is 6.20 Å². The van der Waals surface area contributed by atoms with Gasteiger partial charge in [0.25, 0.3) is 5.91 Å². The first-order valence-corrected chi connectivity index (χ1v) is 7.38. The van der Waals surface area contributed by atoms with Crippen molar-refractivity contribution in [2.75, 3.05) is 6.61 Å². The molecule has 4 unspecified atom stereocenters. The summed E-state index contributed by atoms with van der Waals surface area (Å²) in [6.45, 7) is 1.85. The lowest BCUT2D eigenvalue weighted by molar-refractivity contribution is 0.0856. The summed E-state index contributed by atoms with van der Waals surface area (Å²) < 4.78 is 0. The number of nitrogens with one attached hydrogen (secondary N) is 1. The number of rotatable bonds is 3. The number of fused-ring (bicyclic) bond motifs is 2. The van der Waals surface area contributed by atoms with E-state index in [0.29, 0.717) is 17.7 Å². The van der Waals surface area contributed by atoms with Gasteiger partial charge in [0.05, 0.1) is 11.2 Å². The SMILES string of the molecule is Cc1ncc(Cl)c(C(=O)NC2C3CCC(C3)C2CO)n1. The van der Waals surface area contributed by atoms with Gasteiger partial charge >= 0.3 is 0 Å². The van der Waals surface area contributed by atoms with Crippen LogP contribution in [0.5, 0.6) is 0 Å². The molecule has 20 heavy (non-hydrogen) atoms. The van der Waals surface area contributed by atoms with Gasteiger partial charge in [-0.2, -0.15) is 0 Å². The van der Waals surface area contributed by atoms with Crippen LogP contribution in [0.2, 0.25) is 5.02 Å². The van der Waals surface area contributed by atoms with E-state index < -0.39 is 0 Å². The molecule has 2 fully saturated rings. The van der Waals surface area contributed by atoms with E-state index in [9.17, 15) is 9.90 Å². The first kappa shape index (κ1) is 13.8. The number of nitrogens with zero attached hydrogens (tertiary/aromatic N) is 2. The first-order chi connectivity index (χ1) is 9.60. The average molecular weight is 296 g/mol. The Morgan fingerprint density at radius 3 is 3.00 bits per heavy atom. The fraction of sp³-hybridized carbons (Fsp3) is 0.643. The van der Waals surface area contributed by atoms with Crippen molar-refractivity contribution in [3.63, 3.8) is 0 Å². The first-order valence-electron chi connectivity index (χ1n) is 7.01. The Kier molecular flexibility index (Phi) is 3.65. The molecule has 0 aliphatic heterocycles. The summed E-state index contributed by atoms with van der Waals surface area (Å²) in [5, 5.41) is 12.8. The highest BCUT2D eigenvalue weighted by molar-refractivity contribution is 6.33. The third-order valence-electron chi connectivity index (χ3n) is 4.68. The van der Waals surface area contributed by atoms with Crippen LogP contribution < -0.4 is 5.32 Å². The minimum atomic E-state index is -0.267. The molecule has 2 N–H and O–H groups in total. The Morgan fingerprint density at radius 1 is 1.50 bits per heavy atom. The second-order valence-electron chi connectivity index (χ2n) is 5.79. The van der Waals surface area contributed by atoms with Crippen LogP contribution in [0, 0.1) is 24.7 Å². The van der Waals surface area contributed by atoms with Gasteiger partial charge in [-0.05, 0) is 38.0 Å². The van der Waals surface area contributed by atoms with E-state index in [2.05, 4.69) is 15.3 Å². The molecule has 6 heteroatoms. The number of amides is 1. The molecule has 1 aromatic rings. The monoisotopic (exact) mass is 295 g/mol. The fourth-order valence-corrected chi connectivity index (χ4v) is 3.91. The van der Waals surface area contributed by atoms with Gasteiger partial charge < -0.3 is 10.4 Å². The molecular weight excluding hydrogens is 278 g/mol. The van der Waals surface area contributed by atoms with Crippen LogP contribution >= 0.6 is 11.6 Å². The second-order valence-corrected chi connectivity index (χ2v) is 6.20. The summed E-state index contributed by atoms with van der Waals surface area (Å²) >= 11 is 5.99. The summed E-state index contributed by atoms with van der Waals surface area (Å²) in [6.07, 6.45) is 4.84. The van der Waals surface area contributed by atoms with Crippen molar-refractivity contribution in [3.8, 4) is 0 Å². The van der Waals surface area contributed by atoms with Crippen molar-refractivity contribution < 1.29 is 9.90 Å². The van der Waals surface area contributed by atoms with Gasteiger partial charge in [-0.25, -0.2) is 9.97 Å². The molecule has 2 aliphatic rings. The summed E-state index contributed by atoms with van der Waals surface area (Å²) in [6, 6.07) is 0.0394. The molecule has 1 aromatic heterocycles. The molecule has 2 bridgehead atoms. The van der Waals surface area contributed by atoms with Gasteiger partial charge in [0.1, 0.15) is 11.5 Å². The summed E-state index contributed by atoms with van der Waals surface area (Å²) in [7, 11) is 0. The molecule has 1 amide bonds. The molecule has 5 nitrogen and oxygen atoms in total. The lowest BCUT2D eigenvalue weighted by Crippen LogP contribution is -2.45. The summed E-state index contributed by atoms with van der Waals surface area (Å²) in [5.74, 6) is 1.43. The molecule has 3 rings (SSSR count). The molecule has 0 radical (unpaired) electrons. The maximum atomic E-state index is 12.3. The molecule has 0 aromatic carbocycles. The lowest BCUT2D eigenvalue weighted by Gasteiger charge is -2.30. The average Bonchev–Trinajstić information content (AvgIpc) is 3.02. The van der Waals surface area contributed by atoms with Gasteiger partial charge in [0.2, 0.25) is 0 Å². The third kappa shape index (κ3) is 2.29. The molecule has 1 heterocycles. The molecule has 2 saturated carbocycles. The van der Waals surface area contributed by atoms with Gasteiger partial charge in [-0.15, -0.1) is 0 Å². The van der Waals surface area contributed by atoms with Crippen molar-refractivity contribution in [3.05, 3.63) is 22.7 Å². The number of aromatic nitrogens is 2. The van der Waals surface area contributed by atoms with Gasteiger partial charge in [0, 0.05) is 18.6 Å². The zero-order chi connectivity index (χ0) is 14.3. The highest BCUT2D eigenvalue weighted by Crippen LogP contribution is 2.48. The van der Waals surface area contributed by atoms with Gasteiger partial charge in [0.15, 0.2) is 0 Å². The minimum absolute atomic E-state index is 0.0394. The number of hydrogen-bond acceptors (Lipinski definition) is 4. The number of carbonyl (C=O) groups excluding carboxylic acids is 1. The van der Waals surface area contributed by atoms with Crippen LogP contribution in [0.25, 0.3) is 0 Å². The Bertz CT molecular complexity index is 537. The van der Waals surface area contributed by atoms with Crippen molar-refractivity contribution in [2.24, 2.45) is 17.8 Å². The maximum Gasteiger partial charge on any atom is 0.271 e. The molecule has 0 saturated heterocycles. The summed E-state index contributed by atoms with van der Waals surface area (Å²) in [4.78, 5) is 20.4. The second kappa shape index (κ2) is 5.30. The van der Waals surface area contributed by atoms with E-state index >= 15 is 0 Å². The van der Waals surface area contributed by atoms with Crippen LogP contribution in [-0.2, 0) is 0 Å². The Hall–Kier alpha value is -1.20. The van der Waals surface area contributed by atoms with E-state index in [1.54, 1.807) is 6.92 Å². The van der Waals surface area contributed by atoms with Crippen LogP contribution in [0.4, 0.5) is 0 Å². The topological polar surface area (TPSA) is 75.1 Å². The van der Waals surface area contributed by atoms with Crippen molar-refractivity contribution in [2.45, 2.75) is 32.2 Å².